The first-order valence-electron chi connectivity index (χ1n) is 5.04. The van der Waals surface area contributed by atoms with Crippen molar-refractivity contribution in [2.45, 2.75) is 50.2 Å². The minimum Gasteiger partial charge on any atom is -0.363 e. The number of Topliss-reactive ketones (excluding diaryl/α,β-unsaturated/α-hetero) is 1. The van der Waals surface area contributed by atoms with Gasteiger partial charge in [-0.2, -0.15) is 0 Å². The molecule has 2 nitrogen and oxygen atoms in total. The average Bonchev–Trinajstić information content (AvgIpc) is 2.20. The van der Waals surface area contributed by atoms with Crippen LogP contribution in [0.1, 0.15) is 38.5 Å². The predicted octanol–water partition coefficient (Wildman–Crippen LogP) is 1.68. The average molecular weight is 166 g/mol. The largest absolute Gasteiger partial charge is 0.363 e. The molecule has 0 aromatic rings. The van der Waals surface area contributed by atoms with Crippen molar-refractivity contribution in [3.05, 3.63) is 0 Å². The van der Waals surface area contributed by atoms with Gasteiger partial charge in [0.1, 0.15) is 5.60 Å². The van der Waals surface area contributed by atoms with Crippen LogP contribution in [-0.2, 0) is 9.53 Å². The summed E-state index contributed by atoms with van der Waals surface area (Å²) in [7, 11) is 0. The first kappa shape index (κ1) is 7.07. The van der Waals surface area contributed by atoms with Crippen LogP contribution >= 0.6 is 0 Å². The third-order valence-corrected chi connectivity index (χ3v) is 3.84. The van der Waals surface area contributed by atoms with Gasteiger partial charge in [-0.3, -0.25) is 4.79 Å². The van der Waals surface area contributed by atoms with E-state index in [-0.39, 0.29) is 5.60 Å². The Morgan fingerprint density at radius 2 is 2.25 bits per heavy atom. The van der Waals surface area contributed by atoms with E-state index in [1.54, 1.807) is 0 Å². The van der Waals surface area contributed by atoms with Crippen molar-refractivity contribution in [1.29, 1.82) is 0 Å². The lowest BCUT2D eigenvalue weighted by molar-refractivity contribution is -0.231. The molecule has 2 aliphatic heterocycles. The highest BCUT2D eigenvalue weighted by atomic mass is 16.5. The first-order valence-corrected chi connectivity index (χ1v) is 5.04. The molecule has 3 atom stereocenters. The van der Waals surface area contributed by atoms with Gasteiger partial charge in [-0.1, -0.05) is 0 Å². The molecule has 0 N–H and O–H groups in total. The van der Waals surface area contributed by atoms with E-state index in [4.69, 9.17) is 4.74 Å². The molecule has 3 aliphatic rings. The van der Waals surface area contributed by atoms with Crippen LogP contribution in [0.3, 0.4) is 0 Å². The molecule has 0 radical (unpaired) electrons. The maximum atomic E-state index is 11.7. The molecule has 3 unspecified atom stereocenters. The maximum Gasteiger partial charge on any atom is 0.165 e. The van der Waals surface area contributed by atoms with E-state index < -0.39 is 0 Å². The van der Waals surface area contributed by atoms with E-state index >= 15 is 0 Å². The summed E-state index contributed by atoms with van der Waals surface area (Å²) in [5, 5.41) is 0. The summed E-state index contributed by atoms with van der Waals surface area (Å²) in [6, 6.07) is 0. The van der Waals surface area contributed by atoms with Gasteiger partial charge in [0, 0.05) is 12.3 Å². The van der Waals surface area contributed by atoms with E-state index in [9.17, 15) is 4.79 Å². The number of fused-ring (bicyclic) bond motifs is 2. The number of carbonyl (C=O) groups is 1. The molecule has 2 heterocycles. The minimum absolute atomic E-state index is 0.263. The molecule has 1 aliphatic carbocycles. The fourth-order valence-electron chi connectivity index (χ4n) is 3.26. The molecule has 2 bridgehead atoms. The van der Waals surface area contributed by atoms with E-state index in [1.807, 2.05) is 0 Å². The van der Waals surface area contributed by atoms with Gasteiger partial charge in [0.15, 0.2) is 5.78 Å². The van der Waals surface area contributed by atoms with E-state index in [0.29, 0.717) is 17.8 Å². The second-order valence-corrected chi connectivity index (χ2v) is 4.36. The summed E-state index contributed by atoms with van der Waals surface area (Å²) in [6.07, 6.45) is 6.84. The van der Waals surface area contributed by atoms with Crippen molar-refractivity contribution < 1.29 is 9.53 Å². The number of hydrogen-bond donors (Lipinski definition) is 0. The molecular weight excluding hydrogens is 152 g/mol. The van der Waals surface area contributed by atoms with Gasteiger partial charge < -0.3 is 4.74 Å². The molecule has 0 aromatic carbocycles. The van der Waals surface area contributed by atoms with Crippen LogP contribution in [0.2, 0.25) is 0 Å². The Bertz CT molecular complexity index is 236. The predicted molar refractivity (Wildman–Crippen MR) is 43.8 cm³/mol. The highest BCUT2D eigenvalue weighted by molar-refractivity contribution is 5.89. The molecule has 66 valence electrons. The van der Waals surface area contributed by atoms with Crippen LogP contribution in [0, 0.1) is 5.92 Å². The molecule has 0 aromatic heterocycles. The third kappa shape index (κ3) is 0.634. The van der Waals surface area contributed by atoms with Gasteiger partial charge >= 0.3 is 0 Å². The van der Waals surface area contributed by atoms with Gasteiger partial charge in [-0.05, 0) is 32.1 Å². The summed E-state index contributed by atoms with van der Waals surface area (Å²) < 4.78 is 5.77. The Morgan fingerprint density at radius 1 is 1.33 bits per heavy atom. The third-order valence-electron chi connectivity index (χ3n) is 3.84. The second-order valence-electron chi connectivity index (χ2n) is 4.36. The van der Waals surface area contributed by atoms with Gasteiger partial charge in [-0.25, -0.2) is 0 Å². The van der Waals surface area contributed by atoms with Crippen molar-refractivity contribution in [1.82, 2.24) is 0 Å². The minimum atomic E-state index is -0.263. The number of ketones is 1. The Kier molecular flexibility index (Phi) is 1.24. The van der Waals surface area contributed by atoms with Gasteiger partial charge in [0.2, 0.25) is 0 Å². The normalized spacial score (nSPS) is 51.2. The highest BCUT2D eigenvalue weighted by Gasteiger charge is 2.62. The summed E-state index contributed by atoms with van der Waals surface area (Å²) >= 11 is 0. The first-order chi connectivity index (χ1) is 5.83. The molecule has 1 saturated carbocycles. The maximum absolute atomic E-state index is 11.7. The Hall–Kier alpha value is -0.370. The highest BCUT2D eigenvalue weighted by Crippen LogP contribution is 2.55. The summed E-state index contributed by atoms with van der Waals surface area (Å²) in [6.45, 7) is 0. The fraction of sp³-hybridized carbons (Fsp3) is 0.900. The Morgan fingerprint density at radius 3 is 3.17 bits per heavy atom. The second kappa shape index (κ2) is 2.11. The molecule has 3 fully saturated rings. The molecule has 1 spiro atoms. The van der Waals surface area contributed by atoms with Gasteiger partial charge in [-0.15, -0.1) is 0 Å². The van der Waals surface area contributed by atoms with Crippen LogP contribution in [0.15, 0.2) is 0 Å². The monoisotopic (exact) mass is 166 g/mol. The number of carbonyl (C=O) groups excluding carboxylic acids is 1. The van der Waals surface area contributed by atoms with Crippen molar-refractivity contribution in [2.24, 2.45) is 5.92 Å². The Balaban J connectivity index is 1.98. The van der Waals surface area contributed by atoms with Crippen LogP contribution in [0.5, 0.6) is 0 Å². The molecule has 12 heavy (non-hydrogen) atoms. The smallest absolute Gasteiger partial charge is 0.165 e. The van der Waals surface area contributed by atoms with E-state index in [0.717, 1.165) is 25.7 Å². The van der Waals surface area contributed by atoms with E-state index in [1.165, 1.54) is 12.8 Å². The van der Waals surface area contributed by atoms with Crippen LogP contribution in [-0.4, -0.2) is 17.5 Å². The van der Waals surface area contributed by atoms with Crippen LogP contribution in [0.25, 0.3) is 0 Å². The lowest BCUT2D eigenvalue weighted by Gasteiger charge is -2.48. The van der Waals surface area contributed by atoms with Gasteiger partial charge in [0.25, 0.3) is 0 Å². The zero-order chi connectivity index (χ0) is 8.18. The zero-order valence-electron chi connectivity index (χ0n) is 7.21. The lowest BCUT2D eigenvalue weighted by Crippen LogP contribution is -2.59. The quantitative estimate of drug-likeness (QED) is 0.547. The number of hydrogen-bond acceptors (Lipinski definition) is 2. The molecule has 0 amide bonds. The number of ether oxygens (including phenoxy) is 1. The molecular formula is C10H14O2. The molecule has 3 rings (SSSR count). The zero-order valence-corrected chi connectivity index (χ0v) is 7.21. The summed E-state index contributed by atoms with van der Waals surface area (Å²) in [5.41, 5.74) is -0.263. The lowest BCUT2D eigenvalue weighted by atomic mass is 9.78. The SMILES string of the molecule is O=C1CCCC2OC13CCCC23. The molecule has 2 heteroatoms. The number of rotatable bonds is 0. The fourth-order valence-corrected chi connectivity index (χ4v) is 3.26. The topological polar surface area (TPSA) is 26.3 Å². The molecule has 2 saturated heterocycles. The Labute approximate surface area is 72.3 Å². The van der Waals surface area contributed by atoms with E-state index in [2.05, 4.69) is 0 Å². The van der Waals surface area contributed by atoms with Gasteiger partial charge in [0.05, 0.1) is 6.10 Å². The summed E-state index contributed by atoms with van der Waals surface area (Å²) in [5.74, 6) is 1.01. The summed E-state index contributed by atoms with van der Waals surface area (Å²) in [4.78, 5) is 11.7. The standard InChI is InChI=1S/C10H14O2/c11-9-5-1-4-8-7-3-2-6-10(7,9)12-8/h7-8H,1-6H2. The van der Waals surface area contributed by atoms with Crippen LogP contribution < -0.4 is 0 Å². The van der Waals surface area contributed by atoms with Crippen molar-refractivity contribution in [2.75, 3.05) is 0 Å². The van der Waals surface area contributed by atoms with Crippen molar-refractivity contribution in [3.63, 3.8) is 0 Å². The van der Waals surface area contributed by atoms with Crippen molar-refractivity contribution >= 4 is 5.78 Å². The van der Waals surface area contributed by atoms with Crippen molar-refractivity contribution in [3.8, 4) is 0 Å². The van der Waals surface area contributed by atoms with Crippen LogP contribution in [0.4, 0.5) is 0 Å².